The van der Waals surface area contributed by atoms with Crippen LogP contribution in [0.4, 0.5) is 5.82 Å². The third-order valence-corrected chi connectivity index (χ3v) is 2.50. The molecule has 86 valence electrons. The van der Waals surface area contributed by atoms with Crippen molar-refractivity contribution >= 4 is 11.8 Å². The monoisotopic (exact) mass is 223 g/mol. The van der Waals surface area contributed by atoms with Gasteiger partial charge in [-0.15, -0.1) is 0 Å². The van der Waals surface area contributed by atoms with E-state index in [-0.39, 0.29) is 11.9 Å². The molecule has 0 amide bonds. The first kappa shape index (κ1) is 10.8. The van der Waals surface area contributed by atoms with Crippen molar-refractivity contribution in [3.8, 4) is 0 Å². The van der Waals surface area contributed by atoms with E-state index in [1.54, 1.807) is 6.07 Å². The zero-order valence-corrected chi connectivity index (χ0v) is 8.96. The number of methoxy groups -OCH3 is 1. The molecule has 0 aromatic carbocycles. The summed E-state index contributed by atoms with van der Waals surface area (Å²) < 4.78 is 4.54. The van der Waals surface area contributed by atoms with Crippen LogP contribution in [0.3, 0.4) is 0 Å². The number of β-amino-alcohol motifs (C(OH)–C–C–N with tert-alkyl or cyclic N) is 1. The molecule has 1 aromatic rings. The van der Waals surface area contributed by atoms with Crippen LogP contribution in [0.1, 0.15) is 17.0 Å². The maximum atomic E-state index is 11.2. The molecule has 1 aliphatic heterocycles. The van der Waals surface area contributed by atoms with Crippen LogP contribution in [-0.2, 0) is 4.74 Å². The minimum absolute atomic E-state index is 0.0430. The topological polar surface area (TPSA) is 75.5 Å². The number of nitrogens with zero attached hydrogens (tertiary/aromatic N) is 3. The van der Waals surface area contributed by atoms with Crippen LogP contribution < -0.4 is 4.90 Å². The molecule has 0 bridgehead atoms. The summed E-state index contributed by atoms with van der Waals surface area (Å²) in [6, 6.07) is 1.71. The van der Waals surface area contributed by atoms with E-state index >= 15 is 0 Å². The van der Waals surface area contributed by atoms with Crippen molar-refractivity contribution in [2.75, 3.05) is 25.1 Å². The normalized spacial score (nSPS) is 19.9. The first-order valence-corrected chi connectivity index (χ1v) is 5.05. The number of anilines is 1. The largest absolute Gasteiger partial charge is 0.463 e. The predicted molar refractivity (Wildman–Crippen MR) is 56.2 cm³/mol. The molecule has 1 fully saturated rings. The van der Waals surface area contributed by atoms with Gasteiger partial charge < -0.3 is 14.7 Å². The minimum Gasteiger partial charge on any atom is -0.463 e. The summed E-state index contributed by atoms with van der Waals surface area (Å²) in [6.45, 7) is 1.27. The quantitative estimate of drug-likeness (QED) is 0.702. The van der Waals surface area contributed by atoms with Gasteiger partial charge in [0.2, 0.25) is 5.82 Å². The fourth-order valence-electron chi connectivity index (χ4n) is 1.66. The number of hydrogen-bond acceptors (Lipinski definition) is 6. The Morgan fingerprint density at radius 2 is 2.50 bits per heavy atom. The molecule has 1 atom stereocenters. The molecule has 2 rings (SSSR count). The molecular weight excluding hydrogens is 210 g/mol. The lowest BCUT2D eigenvalue weighted by molar-refractivity contribution is 0.0587. The number of esters is 1. The fourth-order valence-corrected chi connectivity index (χ4v) is 1.66. The Balaban J connectivity index is 2.19. The second kappa shape index (κ2) is 4.44. The molecule has 0 saturated carbocycles. The summed E-state index contributed by atoms with van der Waals surface area (Å²) in [6.07, 6.45) is 1.91. The predicted octanol–water partition coefficient (Wildman–Crippen LogP) is -0.166. The van der Waals surface area contributed by atoms with Gasteiger partial charge >= 0.3 is 5.97 Å². The van der Waals surface area contributed by atoms with Crippen LogP contribution in [0.15, 0.2) is 12.3 Å². The first-order valence-electron chi connectivity index (χ1n) is 5.05. The molecule has 6 nitrogen and oxygen atoms in total. The Morgan fingerprint density at radius 3 is 3.12 bits per heavy atom. The van der Waals surface area contributed by atoms with E-state index in [1.165, 1.54) is 13.3 Å². The number of carbonyl (C=O) groups is 1. The van der Waals surface area contributed by atoms with E-state index in [4.69, 9.17) is 0 Å². The highest BCUT2D eigenvalue weighted by molar-refractivity contribution is 5.85. The van der Waals surface area contributed by atoms with Crippen molar-refractivity contribution < 1.29 is 14.6 Å². The molecule has 1 saturated heterocycles. The van der Waals surface area contributed by atoms with Crippen LogP contribution in [0.5, 0.6) is 0 Å². The van der Waals surface area contributed by atoms with Gasteiger partial charge in [-0.1, -0.05) is 0 Å². The average Bonchev–Trinajstić information content (AvgIpc) is 2.75. The number of aromatic nitrogens is 2. The Morgan fingerprint density at radius 1 is 1.69 bits per heavy atom. The van der Waals surface area contributed by atoms with Crippen LogP contribution in [0, 0.1) is 0 Å². The van der Waals surface area contributed by atoms with Gasteiger partial charge in [-0.05, 0) is 12.5 Å². The van der Waals surface area contributed by atoms with Crippen molar-refractivity contribution in [2.45, 2.75) is 12.5 Å². The maximum Gasteiger partial charge on any atom is 0.376 e. The number of carbonyl (C=O) groups excluding carboxylic acids is 1. The SMILES string of the molecule is COC(=O)c1nccc(N2CC[C@H](O)C2)n1. The van der Waals surface area contributed by atoms with Crippen LogP contribution in [-0.4, -0.2) is 47.3 Å². The first-order chi connectivity index (χ1) is 7.70. The van der Waals surface area contributed by atoms with Gasteiger partial charge in [0, 0.05) is 19.3 Å². The molecule has 6 heteroatoms. The Kier molecular flexibility index (Phi) is 3.00. The highest BCUT2D eigenvalue weighted by Crippen LogP contribution is 2.17. The van der Waals surface area contributed by atoms with Crippen molar-refractivity contribution in [1.29, 1.82) is 0 Å². The molecule has 0 spiro atoms. The molecule has 0 unspecified atom stereocenters. The van der Waals surface area contributed by atoms with Crippen molar-refractivity contribution in [3.05, 3.63) is 18.1 Å². The molecule has 0 radical (unpaired) electrons. The van der Waals surface area contributed by atoms with E-state index in [0.717, 1.165) is 13.0 Å². The average molecular weight is 223 g/mol. The van der Waals surface area contributed by atoms with Gasteiger partial charge in [-0.3, -0.25) is 0 Å². The molecule has 16 heavy (non-hydrogen) atoms. The maximum absolute atomic E-state index is 11.2. The second-order valence-corrected chi connectivity index (χ2v) is 3.62. The molecule has 1 N–H and O–H groups in total. The summed E-state index contributed by atoms with van der Waals surface area (Å²) in [5.41, 5.74) is 0. The van der Waals surface area contributed by atoms with E-state index < -0.39 is 5.97 Å². The second-order valence-electron chi connectivity index (χ2n) is 3.62. The zero-order chi connectivity index (χ0) is 11.5. The van der Waals surface area contributed by atoms with Gasteiger partial charge in [0.05, 0.1) is 13.2 Å². The lowest BCUT2D eigenvalue weighted by atomic mass is 10.3. The number of rotatable bonds is 2. The fraction of sp³-hybridized carbons (Fsp3) is 0.500. The van der Waals surface area contributed by atoms with Crippen LogP contribution in [0.2, 0.25) is 0 Å². The summed E-state index contributed by atoms with van der Waals surface area (Å²) in [4.78, 5) is 21.1. The zero-order valence-electron chi connectivity index (χ0n) is 8.96. The van der Waals surface area contributed by atoms with Gasteiger partial charge in [0.1, 0.15) is 5.82 Å². The lowest BCUT2D eigenvalue weighted by Crippen LogP contribution is -2.23. The summed E-state index contributed by atoms with van der Waals surface area (Å²) in [5.74, 6) is 0.134. The van der Waals surface area contributed by atoms with Crippen LogP contribution in [0.25, 0.3) is 0 Å². The third kappa shape index (κ3) is 2.11. The van der Waals surface area contributed by atoms with E-state index in [0.29, 0.717) is 12.4 Å². The molecule has 1 aliphatic rings. The Hall–Kier alpha value is -1.69. The summed E-state index contributed by atoms with van der Waals surface area (Å²) in [5, 5.41) is 9.41. The number of hydrogen-bond donors (Lipinski definition) is 1. The number of ether oxygens (including phenoxy) is 1. The molecule has 0 aliphatic carbocycles. The molecular formula is C10H13N3O3. The highest BCUT2D eigenvalue weighted by Gasteiger charge is 2.22. The van der Waals surface area contributed by atoms with Crippen LogP contribution >= 0.6 is 0 Å². The molecule has 2 heterocycles. The van der Waals surface area contributed by atoms with Gasteiger partial charge in [-0.25, -0.2) is 14.8 Å². The van der Waals surface area contributed by atoms with Gasteiger partial charge in [0.25, 0.3) is 0 Å². The van der Waals surface area contributed by atoms with Crippen molar-refractivity contribution in [1.82, 2.24) is 9.97 Å². The summed E-state index contributed by atoms with van der Waals surface area (Å²) >= 11 is 0. The molecule has 1 aromatic heterocycles. The summed E-state index contributed by atoms with van der Waals surface area (Å²) in [7, 11) is 1.29. The van der Waals surface area contributed by atoms with Crippen molar-refractivity contribution in [2.24, 2.45) is 0 Å². The minimum atomic E-state index is -0.554. The lowest BCUT2D eigenvalue weighted by Gasteiger charge is -2.16. The van der Waals surface area contributed by atoms with E-state index in [1.807, 2.05) is 4.90 Å². The van der Waals surface area contributed by atoms with E-state index in [9.17, 15) is 9.90 Å². The Labute approximate surface area is 92.9 Å². The Bertz CT molecular complexity index is 397. The van der Waals surface area contributed by atoms with Gasteiger partial charge in [-0.2, -0.15) is 0 Å². The standard InChI is InChI=1S/C10H13N3O3/c1-16-10(15)9-11-4-2-8(12-9)13-5-3-7(14)6-13/h2,4,7,14H,3,5-6H2,1H3/t7-/m0/s1. The third-order valence-electron chi connectivity index (χ3n) is 2.50. The van der Waals surface area contributed by atoms with Crippen molar-refractivity contribution in [3.63, 3.8) is 0 Å². The highest BCUT2D eigenvalue weighted by atomic mass is 16.5. The van der Waals surface area contributed by atoms with E-state index in [2.05, 4.69) is 14.7 Å². The van der Waals surface area contributed by atoms with Gasteiger partial charge in [0.15, 0.2) is 0 Å². The smallest absolute Gasteiger partial charge is 0.376 e. The number of aliphatic hydroxyl groups excluding tert-OH is 1. The number of aliphatic hydroxyl groups is 1.